The van der Waals surface area contributed by atoms with Gasteiger partial charge in [-0.05, 0) is 54.4 Å². The van der Waals surface area contributed by atoms with Crippen molar-refractivity contribution in [1.82, 2.24) is 4.90 Å². The molecule has 1 heterocycles. The SMILES string of the molecule is CC(C)(C)OC(=O)C1CC(C=O)CCN1C(=O)OC(C)(C)C. The zero-order valence-corrected chi connectivity index (χ0v) is 14.3. The molecule has 0 N–H and O–H groups in total. The first kappa shape index (κ1) is 18.5. The fourth-order valence-electron chi connectivity index (χ4n) is 2.25. The van der Waals surface area contributed by atoms with E-state index in [-0.39, 0.29) is 12.3 Å². The Kier molecular flexibility index (Phi) is 5.59. The number of hydrogen-bond acceptors (Lipinski definition) is 5. The molecule has 2 atom stereocenters. The van der Waals surface area contributed by atoms with Crippen molar-refractivity contribution in [1.29, 1.82) is 0 Å². The van der Waals surface area contributed by atoms with Gasteiger partial charge in [-0.2, -0.15) is 0 Å². The van der Waals surface area contributed by atoms with Crippen LogP contribution >= 0.6 is 0 Å². The third-order valence-corrected chi connectivity index (χ3v) is 3.14. The van der Waals surface area contributed by atoms with Gasteiger partial charge < -0.3 is 14.3 Å². The lowest BCUT2D eigenvalue weighted by atomic mass is 9.92. The van der Waals surface area contributed by atoms with E-state index in [1.807, 2.05) is 0 Å². The van der Waals surface area contributed by atoms with Gasteiger partial charge in [0.25, 0.3) is 0 Å². The molecule has 0 aromatic rings. The van der Waals surface area contributed by atoms with Crippen LogP contribution in [0.5, 0.6) is 0 Å². The van der Waals surface area contributed by atoms with Gasteiger partial charge in [0, 0.05) is 12.5 Å². The molecular weight excluding hydrogens is 286 g/mol. The molecule has 2 unspecified atom stereocenters. The Morgan fingerprint density at radius 1 is 1.05 bits per heavy atom. The lowest BCUT2D eigenvalue weighted by molar-refractivity contribution is -0.163. The maximum absolute atomic E-state index is 12.4. The molecule has 0 bridgehead atoms. The van der Waals surface area contributed by atoms with Gasteiger partial charge in [-0.15, -0.1) is 0 Å². The Hall–Kier alpha value is -1.59. The number of carbonyl (C=O) groups excluding carboxylic acids is 3. The highest BCUT2D eigenvalue weighted by atomic mass is 16.6. The van der Waals surface area contributed by atoms with Crippen LogP contribution in [0, 0.1) is 5.92 Å². The second-order valence-corrected chi connectivity index (χ2v) is 7.64. The van der Waals surface area contributed by atoms with Crippen molar-refractivity contribution in [3.8, 4) is 0 Å². The minimum atomic E-state index is -0.780. The Morgan fingerprint density at radius 2 is 1.59 bits per heavy atom. The number of hydrogen-bond donors (Lipinski definition) is 0. The van der Waals surface area contributed by atoms with E-state index >= 15 is 0 Å². The maximum Gasteiger partial charge on any atom is 0.411 e. The molecule has 6 nitrogen and oxygen atoms in total. The highest BCUT2D eigenvalue weighted by molar-refractivity contribution is 5.82. The number of carbonyl (C=O) groups is 3. The number of aldehydes is 1. The van der Waals surface area contributed by atoms with E-state index in [0.717, 1.165) is 6.29 Å². The second kappa shape index (κ2) is 6.67. The van der Waals surface area contributed by atoms with Crippen molar-refractivity contribution in [2.75, 3.05) is 6.54 Å². The summed E-state index contributed by atoms with van der Waals surface area (Å²) in [7, 11) is 0. The topological polar surface area (TPSA) is 72.9 Å². The Labute approximate surface area is 132 Å². The van der Waals surface area contributed by atoms with Crippen LogP contribution in [0.1, 0.15) is 54.4 Å². The minimum absolute atomic E-state index is 0.240. The molecule has 0 spiro atoms. The molecule has 1 fully saturated rings. The summed E-state index contributed by atoms with van der Waals surface area (Å²) >= 11 is 0. The molecule has 1 amide bonds. The Balaban J connectivity index is 2.90. The van der Waals surface area contributed by atoms with Crippen molar-refractivity contribution in [2.24, 2.45) is 5.92 Å². The lowest BCUT2D eigenvalue weighted by Crippen LogP contribution is -2.53. The molecule has 0 radical (unpaired) electrons. The van der Waals surface area contributed by atoms with Crippen LogP contribution in [0.25, 0.3) is 0 Å². The minimum Gasteiger partial charge on any atom is -0.458 e. The predicted molar refractivity (Wildman–Crippen MR) is 81.4 cm³/mol. The molecule has 6 heteroatoms. The van der Waals surface area contributed by atoms with Crippen molar-refractivity contribution < 1.29 is 23.9 Å². The highest BCUT2D eigenvalue weighted by Crippen LogP contribution is 2.26. The standard InChI is InChI=1S/C16H27NO5/c1-15(2,3)21-13(19)12-9-11(10-18)7-8-17(12)14(20)22-16(4,5)6/h10-12H,7-9H2,1-6H3. The van der Waals surface area contributed by atoms with Crippen LogP contribution in [-0.2, 0) is 19.1 Å². The fraction of sp³-hybridized carbons (Fsp3) is 0.812. The van der Waals surface area contributed by atoms with Gasteiger partial charge >= 0.3 is 12.1 Å². The van der Waals surface area contributed by atoms with Crippen LogP contribution in [0.3, 0.4) is 0 Å². The van der Waals surface area contributed by atoms with E-state index in [0.29, 0.717) is 13.0 Å². The smallest absolute Gasteiger partial charge is 0.411 e. The molecule has 0 aromatic carbocycles. The average molecular weight is 313 g/mol. The molecule has 1 aliphatic rings. The number of rotatable bonds is 2. The zero-order chi connectivity index (χ0) is 17.1. The fourth-order valence-corrected chi connectivity index (χ4v) is 2.25. The molecule has 126 valence electrons. The van der Waals surface area contributed by atoms with E-state index in [4.69, 9.17) is 9.47 Å². The van der Waals surface area contributed by atoms with E-state index in [1.54, 1.807) is 41.5 Å². The number of likely N-dealkylation sites (tertiary alicyclic amines) is 1. The van der Waals surface area contributed by atoms with Crippen molar-refractivity contribution in [2.45, 2.75) is 71.6 Å². The molecule has 1 saturated heterocycles. The lowest BCUT2D eigenvalue weighted by Gasteiger charge is -2.38. The van der Waals surface area contributed by atoms with Crippen LogP contribution in [-0.4, -0.2) is 47.0 Å². The van der Waals surface area contributed by atoms with Gasteiger partial charge in [-0.1, -0.05) is 0 Å². The van der Waals surface area contributed by atoms with Crippen LogP contribution in [0.15, 0.2) is 0 Å². The monoisotopic (exact) mass is 313 g/mol. The largest absolute Gasteiger partial charge is 0.458 e. The van der Waals surface area contributed by atoms with Crippen molar-refractivity contribution in [3.63, 3.8) is 0 Å². The van der Waals surface area contributed by atoms with Gasteiger partial charge in [-0.25, -0.2) is 9.59 Å². The summed E-state index contributed by atoms with van der Waals surface area (Å²) in [5.74, 6) is -0.735. The normalized spacial score (nSPS) is 22.9. The Bertz CT molecular complexity index is 433. The third kappa shape index (κ3) is 5.66. The third-order valence-electron chi connectivity index (χ3n) is 3.14. The van der Waals surface area contributed by atoms with Gasteiger partial charge in [0.15, 0.2) is 0 Å². The van der Waals surface area contributed by atoms with Crippen LogP contribution < -0.4 is 0 Å². The molecule has 0 saturated carbocycles. The molecule has 1 aliphatic heterocycles. The van der Waals surface area contributed by atoms with Gasteiger partial charge in [0.1, 0.15) is 23.5 Å². The van der Waals surface area contributed by atoms with Crippen molar-refractivity contribution in [3.05, 3.63) is 0 Å². The maximum atomic E-state index is 12.4. The van der Waals surface area contributed by atoms with E-state index in [9.17, 15) is 14.4 Å². The summed E-state index contributed by atoms with van der Waals surface area (Å²) in [5.41, 5.74) is -1.29. The summed E-state index contributed by atoms with van der Waals surface area (Å²) in [4.78, 5) is 37.1. The quantitative estimate of drug-likeness (QED) is 0.578. The van der Waals surface area contributed by atoms with Crippen molar-refractivity contribution >= 4 is 18.3 Å². The van der Waals surface area contributed by atoms with Crippen LogP contribution in [0.2, 0.25) is 0 Å². The van der Waals surface area contributed by atoms with Crippen LogP contribution in [0.4, 0.5) is 4.79 Å². The Morgan fingerprint density at radius 3 is 2.05 bits per heavy atom. The first-order valence-electron chi connectivity index (χ1n) is 7.61. The molecule has 22 heavy (non-hydrogen) atoms. The average Bonchev–Trinajstić information content (AvgIpc) is 2.33. The first-order valence-corrected chi connectivity index (χ1v) is 7.61. The number of nitrogens with zero attached hydrogens (tertiary/aromatic N) is 1. The number of ether oxygens (including phenoxy) is 2. The van der Waals surface area contributed by atoms with E-state index in [2.05, 4.69) is 0 Å². The summed E-state index contributed by atoms with van der Waals surface area (Å²) in [6.07, 6.45) is 1.09. The molecular formula is C16H27NO5. The van der Waals surface area contributed by atoms with Gasteiger partial charge in [-0.3, -0.25) is 4.90 Å². The zero-order valence-electron chi connectivity index (χ0n) is 14.3. The number of piperidine rings is 1. The molecule has 1 rings (SSSR count). The molecule has 0 aromatic heterocycles. The van der Waals surface area contributed by atoms with Gasteiger partial charge in [0.2, 0.25) is 0 Å². The summed E-state index contributed by atoms with van der Waals surface area (Å²) < 4.78 is 10.7. The summed E-state index contributed by atoms with van der Waals surface area (Å²) in [6, 6.07) is -0.780. The summed E-state index contributed by atoms with van der Waals surface area (Å²) in [5, 5.41) is 0. The second-order valence-electron chi connectivity index (χ2n) is 7.64. The summed E-state index contributed by atoms with van der Waals surface area (Å²) in [6.45, 7) is 10.9. The predicted octanol–water partition coefficient (Wildman–Crippen LogP) is 2.54. The first-order chi connectivity index (χ1) is 9.93. The number of amides is 1. The van der Waals surface area contributed by atoms with E-state index < -0.39 is 29.3 Å². The number of esters is 1. The van der Waals surface area contributed by atoms with E-state index in [1.165, 1.54) is 4.90 Å². The van der Waals surface area contributed by atoms with Gasteiger partial charge in [0.05, 0.1) is 0 Å². The highest BCUT2D eigenvalue weighted by Gasteiger charge is 2.40. The molecule has 0 aliphatic carbocycles.